The van der Waals surface area contributed by atoms with Crippen LogP contribution in [0.1, 0.15) is 15.9 Å². The topological polar surface area (TPSA) is 95.9 Å². The summed E-state index contributed by atoms with van der Waals surface area (Å²) in [6, 6.07) is 10.6. The van der Waals surface area contributed by atoms with E-state index in [-0.39, 0.29) is 29.4 Å². The summed E-state index contributed by atoms with van der Waals surface area (Å²) in [5, 5.41) is 21.0. The van der Waals surface area contributed by atoms with Gasteiger partial charge >= 0.3 is 5.97 Å². The molecule has 0 atom stereocenters. The number of carbonyl (C=O) groups excluding carboxylic acids is 1. The van der Waals surface area contributed by atoms with Crippen LogP contribution in [-0.4, -0.2) is 29.2 Å². The van der Waals surface area contributed by atoms with Crippen LogP contribution in [-0.2, 0) is 11.2 Å². The number of phenols is 1. The Morgan fingerprint density at radius 3 is 2.64 bits per heavy atom. The average Bonchev–Trinajstić information content (AvgIpc) is 2.49. The van der Waals surface area contributed by atoms with Gasteiger partial charge in [0, 0.05) is 5.69 Å². The lowest BCUT2D eigenvalue weighted by Gasteiger charge is -2.08. The van der Waals surface area contributed by atoms with Gasteiger partial charge in [-0.2, -0.15) is 0 Å². The number of nitrogens with one attached hydrogen (secondary N) is 1. The summed E-state index contributed by atoms with van der Waals surface area (Å²) in [6.45, 7) is 0. The normalized spacial score (nSPS) is 10.0. The number of carboxylic acids is 1. The van der Waals surface area contributed by atoms with Crippen LogP contribution in [0, 0.1) is 0 Å². The molecule has 6 nitrogen and oxygen atoms in total. The molecular weight excluding hydrogens is 286 g/mol. The Morgan fingerprint density at radius 1 is 1.18 bits per heavy atom. The molecule has 0 bridgehead atoms. The number of hydrogen-bond donors (Lipinski definition) is 3. The van der Waals surface area contributed by atoms with Crippen molar-refractivity contribution in [1.82, 2.24) is 0 Å². The zero-order valence-electron chi connectivity index (χ0n) is 11.9. The first kappa shape index (κ1) is 15.4. The van der Waals surface area contributed by atoms with Crippen molar-refractivity contribution in [1.29, 1.82) is 0 Å². The van der Waals surface area contributed by atoms with E-state index < -0.39 is 5.97 Å². The Labute approximate surface area is 127 Å². The summed E-state index contributed by atoms with van der Waals surface area (Å²) in [6.07, 6.45) is 0.0773. The summed E-state index contributed by atoms with van der Waals surface area (Å²) < 4.78 is 4.98. The Hall–Kier alpha value is -3.02. The lowest BCUT2D eigenvalue weighted by molar-refractivity contribution is -0.115. The second-order valence-electron chi connectivity index (χ2n) is 4.62. The SMILES string of the molecule is COc1cc(CC(=O)Nc2cccc(C(=O)O)c2)ccc1O. The quantitative estimate of drug-likeness (QED) is 0.787. The maximum absolute atomic E-state index is 12.0. The van der Waals surface area contributed by atoms with Gasteiger partial charge in [-0.25, -0.2) is 4.79 Å². The molecule has 6 heteroatoms. The van der Waals surface area contributed by atoms with Gasteiger partial charge in [0.25, 0.3) is 0 Å². The number of anilines is 1. The number of carboxylic acid groups (broad SMARTS) is 1. The molecular formula is C16H15NO5. The number of hydrogen-bond acceptors (Lipinski definition) is 4. The molecule has 114 valence electrons. The van der Waals surface area contributed by atoms with Crippen molar-refractivity contribution < 1.29 is 24.5 Å². The Balaban J connectivity index is 2.07. The summed E-state index contributed by atoms with van der Waals surface area (Å²) in [5.74, 6) is -1.06. The van der Waals surface area contributed by atoms with Crippen LogP contribution < -0.4 is 10.1 Å². The fraction of sp³-hybridized carbons (Fsp3) is 0.125. The maximum Gasteiger partial charge on any atom is 0.335 e. The highest BCUT2D eigenvalue weighted by atomic mass is 16.5. The lowest BCUT2D eigenvalue weighted by Crippen LogP contribution is -2.14. The van der Waals surface area contributed by atoms with Crippen LogP contribution in [0.25, 0.3) is 0 Å². The van der Waals surface area contributed by atoms with E-state index in [1.807, 2.05) is 0 Å². The number of amides is 1. The Morgan fingerprint density at radius 2 is 1.95 bits per heavy atom. The minimum absolute atomic E-state index is 0.000757. The third-order valence-electron chi connectivity index (χ3n) is 3.00. The van der Waals surface area contributed by atoms with Gasteiger partial charge in [0.15, 0.2) is 11.5 Å². The number of aromatic hydroxyl groups is 1. The van der Waals surface area contributed by atoms with Crippen molar-refractivity contribution in [2.75, 3.05) is 12.4 Å². The van der Waals surface area contributed by atoms with Crippen molar-refractivity contribution in [2.24, 2.45) is 0 Å². The maximum atomic E-state index is 12.0. The minimum Gasteiger partial charge on any atom is -0.504 e. The van der Waals surface area contributed by atoms with Crippen LogP contribution in [0.2, 0.25) is 0 Å². The number of carbonyl (C=O) groups is 2. The molecule has 0 aliphatic heterocycles. The first-order valence-electron chi connectivity index (χ1n) is 6.48. The van der Waals surface area contributed by atoms with Gasteiger partial charge in [-0.1, -0.05) is 12.1 Å². The van der Waals surface area contributed by atoms with E-state index in [9.17, 15) is 14.7 Å². The smallest absolute Gasteiger partial charge is 0.335 e. The van der Waals surface area contributed by atoms with Gasteiger partial charge in [-0.15, -0.1) is 0 Å². The van der Waals surface area contributed by atoms with E-state index in [1.54, 1.807) is 24.3 Å². The zero-order chi connectivity index (χ0) is 16.1. The van der Waals surface area contributed by atoms with Gasteiger partial charge < -0.3 is 20.3 Å². The highest BCUT2D eigenvalue weighted by Crippen LogP contribution is 2.26. The number of methoxy groups -OCH3 is 1. The summed E-state index contributed by atoms with van der Waals surface area (Å²) in [7, 11) is 1.43. The predicted molar refractivity (Wildman–Crippen MR) is 80.4 cm³/mol. The molecule has 22 heavy (non-hydrogen) atoms. The van der Waals surface area contributed by atoms with Crippen molar-refractivity contribution in [2.45, 2.75) is 6.42 Å². The molecule has 1 amide bonds. The molecule has 2 rings (SSSR count). The molecule has 0 heterocycles. The lowest BCUT2D eigenvalue weighted by atomic mass is 10.1. The summed E-state index contributed by atoms with van der Waals surface area (Å²) >= 11 is 0. The van der Waals surface area contributed by atoms with E-state index in [0.717, 1.165) is 0 Å². The molecule has 0 unspecified atom stereocenters. The van der Waals surface area contributed by atoms with Crippen LogP contribution >= 0.6 is 0 Å². The average molecular weight is 301 g/mol. The molecule has 0 aromatic heterocycles. The summed E-state index contributed by atoms with van der Waals surface area (Å²) in [5.41, 5.74) is 1.18. The molecule has 2 aromatic carbocycles. The molecule has 0 fully saturated rings. The van der Waals surface area contributed by atoms with Gasteiger partial charge in [-0.05, 0) is 35.9 Å². The van der Waals surface area contributed by atoms with E-state index >= 15 is 0 Å². The number of rotatable bonds is 5. The Kier molecular flexibility index (Phi) is 4.63. The largest absolute Gasteiger partial charge is 0.504 e. The molecule has 2 aromatic rings. The van der Waals surface area contributed by atoms with Crippen LogP contribution in [0.5, 0.6) is 11.5 Å². The second-order valence-corrected chi connectivity index (χ2v) is 4.62. The van der Waals surface area contributed by atoms with Crippen molar-refractivity contribution in [3.63, 3.8) is 0 Å². The second kappa shape index (κ2) is 6.62. The molecule has 0 aliphatic rings. The number of aromatic carboxylic acids is 1. The van der Waals surface area contributed by atoms with Crippen molar-refractivity contribution in [3.8, 4) is 11.5 Å². The van der Waals surface area contributed by atoms with Gasteiger partial charge in [0.2, 0.25) is 5.91 Å². The van der Waals surface area contributed by atoms with E-state index in [4.69, 9.17) is 9.84 Å². The molecule has 3 N–H and O–H groups in total. The fourth-order valence-corrected chi connectivity index (χ4v) is 1.95. The van der Waals surface area contributed by atoms with Gasteiger partial charge in [0.1, 0.15) is 0 Å². The van der Waals surface area contributed by atoms with Gasteiger partial charge in [-0.3, -0.25) is 4.79 Å². The monoisotopic (exact) mass is 301 g/mol. The predicted octanol–water partition coefficient (Wildman–Crippen LogP) is 2.28. The molecule has 0 aliphatic carbocycles. The van der Waals surface area contributed by atoms with Crippen LogP contribution in [0.15, 0.2) is 42.5 Å². The fourth-order valence-electron chi connectivity index (χ4n) is 1.95. The third kappa shape index (κ3) is 3.76. The first-order chi connectivity index (χ1) is 10.5. The van der Waals surface area contributed by atoms with E-state index in [1.165, 1.54) is 25.3 Å². The number of phenolic OH excluding ortho intramolecular Hbond substituents is 1. The van der Waals surface area contributed by atoms with Crippen LogP contribution in [0.3, 0.4) is 0 Å². The summed E-state index contributed by atoms with van der Waals surface area (Å²) in [4.78, 5) is 22.9. The zero-order valence-corrected chi connectivity index (χ0v) is 11.9. The number of benzene rings is 2. The number of ether oxygens (including phenoxy) is 1. The highest BCUT2D eigenvalue weighted by molar-refractivity contribution is 5.94. The first-order valence-corrected chi connectivity index (χ1v) is 6.48. The molecule has 0 radical (unpaired) electrons. The standard InChI is InChI=1S/C16H15NO5/c1-22-14-7-10(5-6-13(14)18)8-15(19)17-12-4-2-3-11(9-12)16(20)21/h2-7,9,18H,8H2,1H3,(H,17,19)(H,20,21). The third-order valence-corrected chi connectivity index (χ3v) is 3.00. The highest BCUT2D eigenvalue weighted by Gasteiger charge is 2.09. The van der Waals surface area contributed by atoms with Crippen molar-refractivity contribution >= 4 is 17.6 Å². The van der Waals surface area contributed by atoms with Crippen LogP contribution in [0.4, 0.5) is 5.69 Å². The molecule has 0 saturated carbocycles. The van der Waals surface area contributed by atoms with E-state index in [0.29, 0.717) is 11.3 Å². The Bertz CT molecular complexity index is 711. The molecule has 0 saturated heterocycles. The van der Waals surface area contributed by atoms with Crippen molar-refractivity contribution in [3.05, 3.63) is 53.6 Å². The van der Waals surface area contributed by atoms with E-state index in [2.05, 4.69) is 5.32 Å². The molecule has 0 spiro atoms. The van der Waals surface area contributed by atoms with Gasteiger partial charge in [0.05, 0.1) is 19.1 Å². The minimum atomic E-state index is -1.06.